The van der Waals surface area contributed by atoms with E-state index in [2.05, 4.69) is 30.6 Å². The van der Waals surface area contributed by atoms with Crippen molar-refractivity contribution >= 4 is 17.6 Å². The molecule has 0 aromatic carbocycles. The van der Waals surface area contributed by atoms with Crippen molar-refractivity contribution < 1.29 is 24.6 Å². The monoisotopic (exact) mass is 494 g/mol. The summed E-state index contributed by atoms with van der Waals surface area (Å²) in [7, 11) is 0. The highest BCUT2D eigenvalue weighted by Crippen LogP contribution is 2.57. The molecule has 2 amide bonds. The molecule has 7 heteroatoms. The predicted molar refractivity (Wildman–Crippen MR) is 138 cm³/mol. The Morgan fingerprint density at radius 3 is 2.53 bits per heavy atom. The Balaban J connectivity index is 1.60. The van der Waals surface area contributed by atoms with Crippen LogP contribution < -0.4 is 10.6 Å². The summed E-state index contributed by atoms with van der Waals surface area (Å²) in [4.78, 5) is 37.1. The summed E-state index contributed by atoms with van der Waals surface area (Å²) in [6.45, 7) is 4.92. The van der Waals surface area contributed by atoms with Crippen molar-refractivity contribution in [2.45, 2.75) is 58.1 Å². The summed E-state index contributed by atoms with van der Waals surface area (Å²) in [5, 5.41) is 27.0. The Kier molecular flexibility index (Phi) is 8.29. The van der Waals surface area contributed by atoms with E-state index in [4.69, 9.17) is 0 Å². The van der Waals surface area contributed by atoms with E-state index in [1.807, 2.05) is 6.08 Å². The minimum absolute atomic E-state index is 0.0603. The van der Waals surface area contributed by atoms with Gasteiger partial charge in [0.2, 0.25) is 5.91 Å². The van der Waals surface area contributed by atoms with Gasteiger partial charge in [-0.3, -0.25) is 14.4 Å². The van der Waals surface area contributed by atoms with Crippen molar-refractivity contribution in [2.75, 3.05) is 6.54 Å². The molecule has 2 saturated carbocycles. The molecule has 0 aromatic heterocycles. The van der Waals surface area contributed by atoms with Gasteiger partial charge >= 0.3 is 0 Å². The van der Waals surface area contributed by atoms with Gasteiger partial charge in [-0.1, -0.05) is 56.7 Å². The van der Waals surface area contributed by atoms with Crippen LogP contribution in [-0.4, -0.2) is 46.5 Å². The van der Waals surface area contributed by atoms with Crippen molar-refractivity contribution in [1.29, 1.82) is 0 Å². The molecule has 2 heterocycles. The van der Waals surface area contributed by atoms with E-state index in [-0.39, 0.29) is 29.1 Å². The SMILES string of the molecule is CC[C@H]1C[C@@H]2C[C@@H]3/C=C/C=C/C(=O)NCCC[C@@H]4NC(=O)/C(=C(O)/C=C/C=C/[C@H](O)[C@H]3[C@@H]2[C@H]1C)C4=O. The molecule has 3 fully saturated rings. The first-order valence-electron chi connectivity index (χ1n) is 13.3. The Morgan fingerprint density at radius 2 is 1.75 bits per heavy atom. The molecule has 194 valence electrons. The molecular formula is C29H38N2O5. The zero-order valence-corrected chi connectivity index (χ0v) is 21.1. The third kappa shape index (κ3) is 5.41. The molecule has 0 unspecified atom stereocenters. The fourth-order valence-corrected chi connectivity index (χ4v) is 6.93. The van der Waals surface area contributed by atoms with E-state index < -0.39 is 23.8 Å². The van der Waals surface area contributed by atoms with Gasteiger partial charge < -0.3 is 20.8 Å². The van der Waals surface area contributed by atoms with Crippen LogP contribution in [0.15, 0.2) is 59.9 Å². The fraction of sp³-hybridized carbons (Fsp3) is 0.552. The molecule has 0 radical (unpaired) electrons. The average Bonchev–Trinajstić information content (AvgIpc) is 3.45. The number of hydrogen-bond donors (Lipinski definition) is 4. The maximum Gasteiger partial charge on any atom is 0.259 e. The van der Waals surface area contributed by atoms with Crippen LogP contribution in [0.5, 0.6) is 0 Å². The zero-order valence-electron chi connectivity index (χ0n) is 21.1. The van der Waals surface area contributed by atoms with Gasteiger partial charge in [0.1, 0.15) is 11.3 Å². The number of allylic oxidation sites excluding steroid dienone is 6. The largest absolute Gasteiger partial charge is 0.507 e. The van der Waals surface area contributed by atoms with Crippen LogP contribution in [0, 0.1) is 35.5 Å². The van der Waals surface area contributed by atoms with Crippen molar-refractivity contribution in [1.82, 2.24) is 10.6 Å². The molecule has 2 bridgehead atoms. The summed E-state index contributed by atoms with van der Waals surface area (Å²) < 4.78 is 0. The number of fused-ring (bicyclic) bond motifs is 5. The van der Waals surface area contributed by atoms with E-state index in [1.165, 1.54) is 18.6 Å². The molecule has 0 spiro atoms. The van der Waals surface area contributed by atoms with E-state index >= 15 is 0 Å². The molecule has 36 heavy (non-hydrogen) atoms. The Labute approximate surface area is 213 Å². The topological polar surface area (TPSA) is 116 Å². The highest BCUT2D eigenvalue weighted by Gasteiger charge is 2.52. The van der Waals surface area contributed by atoms with E-state index in [1.54, 1.807) is 24.3 Å². The number of Topliss-reactive ketones (excluding diaryl/α,β-unsaturated/α-hetero) is 1. The molecule has 7 nitrogen and oxygen atoms in total. The van der Waals surface area contributed by atoms with Crippen LogP contribution in [0.1, 0.15) is 46.0 Å². The van der Waals surface area contributed by atoms with Crippen LogP contribution in [0.4, 0.5) is 0 Å². The van der Waals surface area contributed by atoms with Gasteiger partial charge in [-0.05, 0) is 67.3 Å². The Morgan fingerprint density at radius 1 is 1.00 bits per heavy atom. The molecule has 1 saturated heterocycles. The molecule has 4 N–H and O–H groups in total. The first kappa shape index (κ1) is 26.1. The van der Waals surface area contributed by atoms with Gasteiger partial charge in [0.05, 0.1) is 12.1 Å². The molecule has 2 aliphatic heterocycles. The second-order valence-electron chi connectivity index (χ2n) is 10.6. The summed E-state index contributed by atoms with van der Waals surface area (Å²) in [6, 6.07) is -0.714. The number of carbonyl (C=O) groups excluding carboxylic acids is 3. The lowest BCUT2D eigenvalue weighted by Crippen LogP contribution is -2.31. The third-order valence-corrected chi connectivity index (χ3v) is 8.64. The number of aliphatic hydroxyl groups excluding tert-OH is 2. The summed E-state index contributed by atoms with van der Waals surface area (Å²) in [6.07, 6.45) is 17.1. The van der Waals surface area contributed by atoms with Gasteiger partial charge in [0.15, 0.2) is 5.78 Å². The maximum atomic E-state index is 12.6. The first-order valence-corrected chi connectivity index (χ1v) is 13.3. The lowest BCUT2D eigenvalue weighted by molar-refractivity contribution is -0.118. The molecule has 0 aromatic rings. The van der Waals surface area contributed by atoms with Crippen molar-refractivity contribution in [3.05, 3.63) is 59.9 Å². The number of rotatable bonds is 1. The number of carbonyl (C=O) groups is 3. The van der Waals surface area contributed by atoms with Crippen LogP contribution in [0.3, 0.4) is 0 Å². The molecular weight excluding hydrogens is 456 g/mol. The van der Waals surface area contributed by atoms with Crippen molar-refractivity contribution in [3.8, 4) is 0 Å². The van der Waals surface area contributed by atoms with Crippen LogP contribution in [0.2, 0.25) is 0 Å². The predicted octanol–water partition coefficient (Wildman–Crippen LogP) is 3.30. The minimum atomic E-state index is -0.714. The summed E-state index contributed by atoms with van der Waals surface area (Å²) in [5.41, 5.74) is -0.249. The fourth-order valence-electron chi connectivity index (χ4n) is 6.93. The van der Waals surface area contributed by atoms with Gasteiger partial charge in [0, 0.05) is 12.6 Å². The Hall–Kier alpha value is -2.93. The van der Waals surface area contributed by atoms with Crippen molar-refractivity contribution in [3.63, 3.8) is 0 Å². The first-order chi connectivity index (χ1) is 17.3. The summed E-state index contributed by atoms with van der Waals surface area (Å²) >= 11 is 0. The highest BCUT2D eigenvalue weighted by molar-refractivity contribution is 6.27. The van der Waals surface area contributed by atoms with Crippen LogP contribution >= 0.6 is 0 Å². The lowest BCUT2D eigenvalue weighted by Gasteiger charge is -2.30. The number of hydrogen-bond acceptors (Lipinski definition) is 5. The normalized spacial score (nSPS) is 43.1. The van der Waals surface area contributed by atoms with E-state index in [0.29, 0.717) is 43.1 Å². The smallest absolute Gasteiger partial charge is 0.259 e. The number of amides is 2. The number of aliphatic hydroxyl groups is 2. The molecule has 8 atom stereocenters. The van der Waals surface area contributed by atoms with Crippen LogP contribution in [0.25, 0.3) is 0 Å². The second-order valence-corrected chi connectivity index (χ2v) is 10.6. The second kappa shape index (κ2) is 11.4. The van der Waals surface area contributed by atoms with Gasteiger partial charge in [-0.2, -0.15) is 0 Å². The molecule has 2 aliphatic carbocycles. The standard InChI is InChI=1S/C29H38N2O5/c1-3-18-15-20-16-19-9-4-7-13-24(34)30-14-8-10-21-28(35)27(29(36)31-21)23(33)12-6-5-11-22(32)26(19)25(20)17(18)2/h4-7,9,11-13,17-22,25-26,32-33H,3,8,10,14-16H2,1-2H3,(H,30,34)(H,31,36)/b9-4+,11-5+,12-6+,13-7+,27-23-/t17-,18-,19-,20+,21-,22-,25+,26-/m0/s1. The zero-order chi connectivity index (χ0) is 25.8. The highest BCUT2D eigenvalue weighted by atomic mass is 16.3. The van der Waals surface area contributed by atoms with Crippen LogP contribution in [-0.2, 0) is 14.4 Å². The lowest BCUT2D eigenvalue weighted by atomic mass is 9.76. The Bertz CT molecular complexity index is 1020. The van der Waals surface area contributed by atoms with E-state index in [9.17, 15) is 24.6 Å². The molecule has 4 aliphatic rings. The third-order valence-electron chi connectivity index (χ3n) is 8.64. The summed E-state index contributed by atoms with van der Waals surface area (Å²) in [5.74, 6) is 0.815. The van der Waals surface area contributed by atoms with Gasteiger partial charge in [0.25, 0.3) is 5.91 Å². The van der Waals surface area contributed by atoms with Gasteiger partial charge in [-0.15, -0.1) is 0 Å². The molecule has 4 rings (SSSR count). The maximum absolute atomic E-state index is 12.6. The van der Waals surface area contributed by atoms with Crippen molar-refractivity contribution in [2.24, 2.45) is 35.5 Å². The minimum Gasteiger partial charge on any atom is -0.507 e. The average molecular weight is 495 g/mol. The quantitative estimate of drug-likeness (QED) is 0.418. The number of ketones is 1. The van der Waals surface area contributed by atoms with E-state index in [0.717, 1.165) is 12.8 Å². The van der Waals surface area contributed by atoms with Gasteiger partial charge in [-0.25, -0.2) is 0 Å². The number of nitrogens with one attached hydrogen (secondary N) is 2.